The summed E-state index contributed by atoms with van der Waals surface area (Å²) in [5.41, 5.74) is 6.23. The molecule has 1 rings (SSSR count). The third-order valence-corrected chi connectivity index (χ3v) is 2.31. The standard InChI is InChI=1S/C11H18N4O/c1-3-15(8-10(12)16)7-9-4-5-11(13-2)14-6-9/h4-6H,3,7-8H2,1-2H3,(H2,12,16)(H,13,14). The Morgan fingerprint density at radius 1 is 1.56 bits per heavy atom. The smallest absolute Gasteiger partial charge is 0.231 e. The Kier molecular flexibility index (Phi) is 4.72. The quantitative estimate of drug-likeness (QED) is 0.732. The van der Waals surface area contributed by atoms with Crippen LogP contribution in [0.1, 0.15) is 12.5 Å². The van der Waals surface area contributed by atoms with Crippen LogP contribution < -0.4 is 11.1 Å². The molecule has 16 heavy (non-hydrogen) atoms. The molecule has 0 unspecified atom stereocenters. The summed E-state index contributed by atoms with van der Waals surface area (Å²) < 4.78 is 0. The van der Waals surface area contributed by atoms with Crippen LogP contribution in [0.25, 0.3) is 0 Å². The van der Waals surface area contributed by atoms with E-state index in [0.29, 0.717) is 6.54 Å². The number of carbonyl (C=O) groups is 1. The van der Waals surface area contributed by atoms with Crippen LogP contribution in [-0.2, 0) is 11.3 Å². The van der Waals surface area contributed by atoms with Gasteiger partial charge in [-0.15, -0.1) is 0 Å². The molecule has 1 heterocycles. The second kappa shape index (κ2) is 6.07. The van der Waals surface area contributed by atoms with E-state index in [1.165, 1.54) is 0 Å². The van der Waals surface area contributed by atoms with Crippen molar-refractivity contribution in [3.8, 4) is 0 Å². The van der Waals surface area contributed by atoms with Gasteiger partial charge in [-0.25, -0.2) is 4.98 Å². The fourth-order valence-electron chi connectivity index (χ4n) is 1.42. The minimum absolute atomic E-state index is 0.282. The van der Waals surface area contributed by atoms with E-state index in [2.05, 4.69) is 10.3 Å². The van der Waals surface area contributed by atoms with Crippen molar-refractivity contribution in [3.05, 3.63) is 23.9 Å². The molecule has 0 atom stereocenters. The number of nitrogens with zero attached hydrogens (tertiary/aromatic N) is 2. The first-order valence-corrected chi connectivity index (χ1v) is 5.29. The predicted molar refractivity (Wildman–Crippen MR) is 63.9 cm³/mol. The maximum Gasteiger partial charge on any atom is 0.231 e. The number of hydrogen-bond acceptors (Lipinski definition) is 4. The maximum atomic E-state index is 10.8. The van der Waals surface area contributed by atoms with Crippen molar-refractivity contribution >= 4 is 11.7 Å². The number of pyridine rings is 1. The first-order chi connectivity index (χ1) is 7.65. The first kappa shape index (κ1) is 12.4. The molecule has 3 N–H and O–H groups in total. The van der Waals surface area contributed by atoms with Crippen LogP contribution in [0.4, 0.5) is 5.82 Å². The first-order valence-electron chi connectivity index (χ1n) is 5.29. The average Bonchev–Trinajstić information content (AvgIpc) is 2.28. The van der Waals surface area contributed by atoms with Gasteiger partial charge < -0.3 is 11.1 Å². The Morgan fingerprint density at radius 2 is 2.31 bits per heavy atom. The molecule has 0 spiro atoms. The molecule has 0 aliphatic carbocycles. The van der Waals surface area contributed by atoms with E-state index in [9.17, 15) is 4.79 Å². The number of anilines is 1. The summed E-state index contributed by atoms with van der Waals surface area (Å²) in [6.07, 6.45) is 1.80. The maximum absolute atomic E-state index is 10.8. The Balaban J connectivity index is 2.59. The summed E-state index contributed by atoms with van der Waals surface area (Å²) in [6.45, 7) is 3.76. The van der Waals surface area contributed by atoms with Crippen LogP contribution in [0.15, 0.2) is 18.3 Å². The summed E-state index contributed by atoms with van der Waals surface area (Å²) in [7, 11) is 1.83. The lowest BCUT2D eigenvalue weighted by Gasteiger charge is -2.18. The van der Waals surface area contributed by atoms with Crippen LogP contribution in [0.2, 0.25) is 0 Å². The third-order valence-electron chi connectivity index (χ3n) is 2.31. The van der Waals surface area contributed by atoms with Gasteiger partial charge in [0.15, 0.2) is 0 Å². The molecule has 1 aromatic heterocycles. The molecule has 0 aliphatic rings. The lowest BCUT2D eigenvalue weighted by molar-refractivity contribution is -0.119. The molecule has 0 aromatic carbocycles. The van der Waals surface area contributed by atoms with Gasteiger partial charge in [0, 0.05) is 19.8 Å². The zero-order valence-corrected chi connectivity index (χ0v) is 9.73. The van der Waals surface area contributed by atoms with Crippen molar-refractivity contribution in [1.82, 2.24) is 9.88 Å². The second-order valence-electron chi connectivity index (χ2n) is 3.57. The van der Waals surface area contributed by atoms with Gasteiger partial charge in [-0.05, 0) is 18.2 Å². The molecule has 0 saturated heterocycles. The van der Waals surface area contributed by atoms with Crippen molar-refractivity contribution in [2.24, 2.45) is 5.73 Å². The van der Waals surface area contributed by atoms with Crippen LogP contribution in [-0.4, -0.2) is 35.9 Å². The fourth-order valence-corrected chi connectivity index (χ4v) is 1.42. The van der Waals surface area contributed by atoms with Crippen molar-refractivity contribution in [2.45, 2.75) is 13.5 Å². The SMILES string of the molecule is CCN(CC(N)=O)Cc1ccc(NC)nc1. The van der Waals surface area contributed by atoms with E-state index in [1.54, 1.807) is 6.20 Å². The van der Waals surface area contributed by atoms with Crippen LogP contribution >= 0.6 is 0 Å². The zero-order valence-electron chi connectivity index (χ0n) is 9.73. The number of hydrogen-bond donors (Lipinski definition) is 2. The summed E-state index contributed by atoms with van der Waals surface area (Å²) in [4.78, 5) is 17.0. The molecule has 88 valence electrons. The van der Waals surface area contributed by atoms with Crippen molar-refractivity contribution in [2.75, 3.05) is 25.5 Å². The normalized spacial score (nSPS) is 10.4. The molecular formula is C11H18N4O. The minimum atomic E-state index is -0.304. The summed E-state index contributed by atoms with van der Waals surface area (Å²) in [5, 5.41) is 2.95. The van der Waals surface area contributed by atoms with Crippen LogP contribution in [0, 0.1) is 0 Å². The van der Waals surface area contributed by atoms with Gasteiger partial charge in [0.1, 0.15) is 5.82 Å². The van der Waals surface area contributed by atoms with Crippen molar-refractivity contribution in [3.63, 3.8) is 0 Å². The Morgan fingerprint density at radius 3 is 2.75 bits per heavy atom. The highest BCUT2D eigenvalue weighted by Gasteiger charge is 2.06. The van der Waals surface area contributed by atoms with E-state index in [0.717, 1.165) is 17.9 Å². The summed E-state index contributed by atoms with van der Waals surface area (Å²) >= 11 is 0. The third kappa shape index (κ3) is 3.86. The molecule has 0 radical (unpaired) electrons. The summed E-state index contributed by atoms with van der Waals surface area (Å²) in [5.74, 6) is 0.531. The van der Waals surface area contributed by atoms with Gasteiger partial charge in [0.05, 0.1) is 6.54 Å². The van der Waals surface area contributed by atoms with Gasteiger partial charge in [-0.3, -0.25) is 9.69 Å². The van der Waals surface area contributed by atoms with Gasteiger partial charge >= 0.3 is 0 Å². The topological polar surface area (TPSA) is 71.2 Å². The second-order valence-corrected chi connectivity index (χ2v) is 3.57. The Labute approximate surface area is 95.7 Å². The highest BCUT2D eigenvalue weighted by atomic mass is 16.1. The van der Waals surface area contributed by atoms with Crippen LogP contribution in [0.3, 0.4) is 0 Å². The van der Waals surface area contributed by atoms with Gasteiger partial charge in [0.2, 0.25) is 5.91 Å². The number of carbonyl (C=O) groups excluding carboxylic acids is 1. The van der Waals surface area contributed by atoms with Gasteiger partial charge in [0.25, 0.3) is 0 Å². The highest BCUT2D eigenvalue weighted by Crippen LogP contribution is 2.06. The van der Waals surface area contributed by atoms with Gasteiger partial charge in [-0.1, -0.05) is 13.0 Å². The largest absolute Gasteiger partial charge is 0.373 e. The predicted octanol–water partition coefficient (Wildman–Crippen LogP) is 0.430. The van der Waals surface area contributed by atoms with E-state index < -0.39 is 0 Å². The number of nitrogens with two attached hydrogens (primary N) is 1. The number of likely N-dealkylation sites (N-methyl/N-ethyl adjacent to an activating group) is 1. The number of amides is 1. The Hall–Kier alpha value is -1.62. The number of nitrogens with one attached hydrogen (secondary N) is 1. The van der Waals surface area contributed by atoms with Crippen LogP contribution in [0.5, 0.6) is 0 Å². The van der Waals surface area contributed by atoms with E-state index in [4.69, 9.17) is 5.73 Å². The average molecular weight is 222 g/mol. The fraction of sp³-hybridized carbons (Fsp3) is 0.455. The van der Waals surface area contributed by atoms with E-state index >= 15 is 0 Å². The minimum Gasteiger partial charge on any atom is -0.373 e. The zero-order chi connectivity index (χ0) is 12.0. The molecule has 1 aromatic rings. The number of primary amides is 1. The lowest BCUT2D eigenvalue weighted by atomic mass is 10.2. The number of rotatable bonds is 6. The molecule has 0 fully saturated rings. The lowest BCUT2D eigenvalue weighted by Crippen LogP contribution is -2.33. The molecule has 5 nitrogen and oxygen atoms in total. The summed E-state index contributed by atoms with van der Waals surface area (Å²) in [6, 6.07) is 3.90. The monoisotopic (exact) mass is 222 g/mol. The molecule has 0 saturated carbocycles. The van der Waals surface area contributed by atoms with E-state index in [1.807, 2.05) is 31.0 Å². The molecule has 0 bridgehead atoms. The number of aromatic nitrogens is 1. The molecule has 1 amide bonds. The highest BCUT2D eigenvalue weighted by molar-refractivity contribution is 5.75. The molecule has 0 aliphatic heterocycles. The van der Waals surface area contributed by atoms with Gasteiger partial charge in [-0.2, -0.15) is 0 Å². The van der Waals surface area contributed by atoms with E-state index in [-0.39, 0.29) is 12.5 Å². The van der Waals surface area contributed by atoms with Crippen molar-refractivity contribution in [1.29, 1.82) is 0 Å². The Bertz CT molecular complexity index is 336. The molecule has 5 heteroatoms. The van der Waals surface area contributed by atoms with Crippen molar-refractivity contribution < 1.29 is 4.79 Å². The molecular weight excluding hydrogens is 204 g/mol.